The average Bonchev–Trinajstić information content (AvgIpc) is 3.15. The number of rotatable bonds is 8. The molecule has 1 unspecified atom stereocenters. The number of hydrogen-bond donors (Lipinski definition) is 8. The summed E-state index contributed by atoms with van der Waals surface area (Å²) < 4.78 is 0. The van der Waals surface area contributed by atoms with E-state index in [1.165, 1.54) is 0 Å². The summed E-state index contributed by atoms with van der Waals surface area (Å²) in [5.74, 6) is -3.98. The fourth-order valence-corrected chi connectivity index (χ4v) is 3.92. The van der Waals surface area contributed by atoms with Crippen molar-refractivity contribution in [3.05, 3.63) is 0 Å². The number of β-amino-alcohol motifs (C(OH)–C–C–N with tert-alkyl or cyclic N) is 1. The predicted molar refractivity (Wildman–Crippen MR) is 118 cm³/mol. The molecule has 0 radical (unpaired) electrons. The molecule has 15 heteroatoms. The highest BCUT2D eigenvalue weighted by Gasteiger charge is 2.39. The van der Waals surface area contributed by atoms with E-state index in [0.717, 1.165) is 0 Å². The van der Waals surface area contributed by atoms with Crippen molar-refractivity contribution in [1.29, 1.82) is 0 Å². The summed E-state index contributed by atoms with van der Waals surface area (Å²) in [7, 11) is 0. The summed E-state index contributed by atoms with van der Waals surface area (Å²) in [6.45, 7) is -0.148. The second kappa shape index (κ2) is 12.7. The van der Waals surface area contributed by atoms with Gasteiger partial charge < -0.3 is 42.9 Å². The molecular weight excluding hydrogens is 452 g/mol. The van der Waals surface area contributed by atoms with E-state index in [1.807, 2.05) is 0 Å². The van der Waals surface area contributed by atoms with Crippen LogP contribution in [0.25, 0.3) is 0 Å². The van der Waals surface area contributed by atoms with Crippen LogP contribution in [-0.2, 0) is 24.0 Å². The molecule has 15 nitrogen and oxygen atoms in total. The molecule has 2 fully saturated rings. The Labute approximate surface area is 195 Å². The quantitative estimate of drug-likeness (QED) is 0.0928. The van der Waals surface area contributed by atoms with Crippen molar-refractivity contribution in [1.82, 2.24) is 26.2 Å². The molecule has 2 bridgehead atoms. The number of carboxylic acids is 1. The van der Waals surface area contributed by atoms with Crippen molar-refractivity contribution in [2.24, 2.45) is 16.5 Å². The maximum atomic E-state index is 13.0. The Morgan fingerprint density at radius 2 is 1.79 bits per heavy atom. The van der Waals surface area contributed by atoms with Gasteiger partial charge in [-0.25, -0.2) is 0 Å². The number of aliphatic imine (C=N–C) groups is 1. The molecule has 0 spiro atoms. The first-order valence-corrected chi connectivity index (χ1v) is 10.9. The molecule has 0 aromatic carbocycles. The highest BCUT2D eigenvalue weighted by atomic mass is 16.4. The highest BCUT2D eigenvalue weighted by molar-refractivity contribution is 5.94. The number of carbonyl (C=O) groups is 5. The fraction of sp³-hybridized carbons (Fsp3) is 0.684. The maximum Gasteiger partial charge on any atom is 0.305 e. The average molecular weight is 485 g/mol. The number of aliphatic hydroxyl groups is 1. The molecule has 2 aliphatic heterocycles. The molecule has 2 heterocycles. The number of likely N-dealkylation sites (tertiary alicyclic amines) is 1. The lowest BCUT2D eigenvalue weighted by atomic mass is 10.1. The van der Waals surface area contributed by atoms with E-state index in [2.05, 4.69) is 26.3 Å². The molecule has 2 saturated heterocycles. The molecule has 4 atom stereocenters. The van der Waals surface area contributed by atoms with Crippen LogP contribution < -0.4 is 32.7 Å². The van der Waals surface area contributed by atoms with Crippen LogP contribution in [0.4, 0.5) is 0 Å². The smallest absolute Gasteiger partial charge is 0.305 e. The van der Waals surface area contributed by atoms with Gasteiger partial charge in [-0.2, -0.15) is 0 Å². The predicted octanol–water partition coefficient (Wildman–Crippen LogP) is -4.83. The van der Waals surface area contributed by atoms with Gasteiger partial charge in [0.15, 0.2) is 5.96 Å². The number of aliphatic hydroxyl groups excluding tert-OH is 1. The highest BCUT2D eigenvalue weighted by Crippen LogP contribution is 2.19. The molecule has 190 valence electrons. The molecule has 0 aliphatic carbocycles. The van der Waals surface area contributed by atoms with Gasteiger partial charge in [-0.15, -0.1) is 0 Å². The largest absolute Gasteiger partial charge is 0.481 e. The minimum Gasteiger partial charge on any atom is -0.481 e. The number of hydrogen-bond acceptors (Lipinski definition) is 8. The van der Waals surface area contributed by atoms with Gasteiger partial charge in [0, 0.05) is 25.7 Å². The Morgan fingerprint density at radius 3 is 2.44 bits per heavy atom. The molecule has 0 aromatic heterocycles. The second-order valence-electron chi connectivity index (χ2n) is 8.12. The molecule has 0 saturated carbocycles. The van der Waals surface area contributed by atoms with E-state index < -0.39 is 66.7 Å². The third kappa shape index (κ3) is 8.15. The number of carboxylic acid groups (broad SMARTS) is 1. The van der Waals surface area contributed by atoms with Gasteiger partial charge in [0.2, 0.25) is 23.6 Å². The Kier molecular flexibility index (Phi) is 10.0. The van der Waals surface area contributed by atoms with E-state index >= 15 is 0 Å². The van der Waals surface area contributed by atoms with Crippen LogP contribution in [0.1, 0.15) is 25.7 Å². The number of guanidine groups is 1. The number of aliphatic carboxylic acids is 1. The summed E-state index contributed by atoms with van der Waals surface area (Å²) in [4.78, 5) is 67.3. The fourth-order valence-electron chi connectivity index (χ4n) is 3.92. The van der Waals surface area contributed by atoms with Gasteiger partial charge in [-0.3, -0.25) is 33.9 Å². The molecule has 4 amide bonds. The Hall–Kier alpha value is -3.46. The SMILES string of the molecule is NC(N)=NCCCC1NC(=O)[C@@H]2C[C@@H](CN2CCO)NC(=O)[C@H](CC(=O)O)NC(=O)CNC1=O. The Bertz CT molecular complexity index is 816. The van der Waals surface area contributed by atoms with Crippen molar-refractivity contribution in [2.75, 3.05) is 32.8 Å². The minimum absolute atomic E-state index is 0.106. The Balaban J connectivity index is 2.25. The summed E-state index contributed by atoms with van der Waals surface area (Å²) in [6, 6.07) is -3.61. The van der Waals surface area contributed by atoms with Crippen LogP contribution in [-0.4, -0.2) is 108 Å². The summed E-state index contributed by atoms with van der Waals surface area (Å²) >= 11 is 0. The zero-order chi connectivity index (χ0) is 25.3. The van der Waals surface area contributed by atoms with Gasteiger partial charge in [-0.1, -0.05) is 0 Å². The first-order valence-electron chi connectivity index (χ1n) is 10.9. The zero-order valence-corrected chi connectivity index (χ0v) is 18.7. The van der Waals surface area contributed by atoms with Crippen LogP contribution in [0.2, 0.25) is 0 Å². The van der Waals surface area contributed by atoms with E-state index in [9.17, 15) is 29.1 Å². The third-order valence-electron chi connectivity index (χ3n) is 5.47. The van der Waals surface area contributed by atoms with Crippen LogP contribution in [0.15, 0.2) is 4.99 Å². The molecule has 2 rings (SSSR count). The van der Waals surface area contributed by atoms with Crippen LogP contribution in [0, 0.1) is 0 Å². The van der Waals surface area contributed by atoms with Crippen LogP contribution in [0.3, 0.4) is 0 Å². The number of fused-ring (bicyclic) bond motifs is 2. The summed E-state index contributed by atoms with van der Waals surface area (Å²) in [5, 5.41) is 28.6. The van der Waals surface area contributed by atoms with Crippen molar-refractivity contribution in [2.45, 2.75) is 49.9 Å². The number of nitrogens with two attached hydrogens (primary N) is 2. The van der Waals surface area contributed by atoms with E-state index in [0.29, 0.717) is 6.42 Å². The first-order chi connectivity index (χ1) is 16.1. The van der Waals surface area contributed by atoms with Crippen molar-refractivity contribution in [3.8, 4) is 0 Å². The number of nitrogens with one attached hydrogen (secondary N) is 4. The lowest BCUT2D eigenvalue weighted by molar-refractivity contribution is -0.141. The minimum atomic E-state index is -1.36. The third-order valence-corrected chi connectivity index (χ3v) is 5.47. The van der Waals surface area contributed by atoms with Gasteiger partial charge in [0.05, 0.1) is 25.6 Å². The number of carbonyl (C=O) groups excluding carboxylic acids is 4. The maximum absolute atomic E-state index is 13.0. The van der Waals surface area contributed by atoms with Crippen LogP contribution in [0.5, 0.6) is 0 Å². The topological polar surface area (TPSA) is 242 Å². The van der Waals surface area contributed by atoms with Crippen LogP contribution >= 0.6 is 0 Å². The molecular formula is C19H32N8O7. The normalized spacial score (nSPS) is 26.5. The van der Waals surface area contributed by atoms with E-state index in [1.54, 1.807) is 4.90 Å². The van der Waals surface area contributed by atoms with Crippen molar-refractivity contribution in [3.63, 3.8) is 0 Å². The van der Waals surface area contributed by atoms with E-state index in [4.69, 9.17) is 16.6 Å². The lowest BCUT2D eigenvalue weighted by Crippen LogP contribution is -2.55. The first kappa shape index (κ1) is 26.8. The van der Waals surface area contributed by atoms with Gasteiger partial charge in [0.25, 0.3) is 0 Å². The van der Waals surface area contributed by atoms with Gasteiger partial charge in [-0.05, 0) is 19.3 Å². The second-order valence-corrected chi connectivity index (χ2v) is 8.12. The lowest BCUT2D eigenvalue weighted by Gasteiger charge is -2.25. The monoisotopic (exact) mass is 484 g/mol. The van der Waals surface area contributed by atoms with Crippen molar-refractivity contribution < 1.29 is 34.2 Å². The molecule has 0 aromatic rings. The van der Waals surface area contributed by atoms with E-state index in [-0.39, 0.29) is 45.0 Å². The summed E-state index contributed by atoms with van der Waals surface area (Å²) in [5.41, 5.74) is 10.6. The van der Waals surface area contributed by atoms with Gasteiger partial charge in [0.1, 0.15) is 12.1 Å². The standard InChI is InChI=1S/C19H32N8O7/c20-19(21)22-3-1-2-11-16(32)23-8-14(29)25-12(7-15(30)31)17(33)24-10-6-13(18(34)26-11)27(9-10)4-5-28/h10-13,28H,1-9H2,(H,23,32)(H,24,33)(H,25,29)(H,26,34)(H,30,31)(H4,20,21,22)/t10-,11?,12-,13-/m0/s1. The molecule has 2 aliphatic rings. The molecule has 34 heavy (non-hydrogen) atoms. The Morgan fingerprint density at radius 1 is 1.06 bits per heavy atom. The number of nitrogens with zero attached hydrogens (tertiary/aromatic N) is 2. The van der Waals surface area contributed by atoms with Crippen molar-refractivity contribution >= 4 is 35.6 Å². The molecule has 10 N–H and O–H groups in total. The van der Waals surface area contributed by atoms with Gasteiger partial charge >= 0.3 is 5.97 Å². The summed E-state index contributed by atoms with van der Waals surface area (Å²) in [6.07, 6.45) is 0.0704. The number of amides is 4. The zero-order valence-electron chi connectivity index (χ0n) is 18.7.